The van der Waals surface area contributed by atoms with E-state index in [4.69, 9.17) is 4.42 Å². The van der Waals surface area contributed by atoms with Gasteiger partial charge in [0.25, 0.3) is 10.0 Å². The van der Waals surface area contributed by atoms with Gasteiger partial charge in [0.15, 0.2) is 0 Å². The van der Waals surface area contributed by atoms with Crippen molar-refractivity contribution >= 4 is 33.2 Å². The molecule has 3 aromatic rings. The van der Waals surface area contributed by atoms with Gasteiger partial charge < -0.3 is 15.1 Å². The van der Waals surface area contributed by atoms with Crippen LogP contribution < -0.4 is 14.9 Å². The lowest BCUT2D eigenvalue weighted by Crippen LogP contribution is -2.53. The van der Waals surface area contributed by atoms with Crippen LogP contribution in [0.5, 0.6) is 0 Å². The van der Waals surface area contributed by atoms with E-state index >= 15 is 0 Å². The molecule has 172 valence electrons. The summed E-state index contributed by atoms with van der Waals surface area (Å²) in [4.78, 5) is 25.9. The molecule has 1 aliphatic rings. The first-order valence-electron chi connectivity index (χ1n) is 10.5. The number of carbonyl (C=O) groups excluding carboxylic acids is 2. The molecule has 0 saturated heterocycles. The number of rotatable bonds is 6. The SMILES string of the molecule is Cc1cc(C)c(S(=O)(=O)N2c3ccccc3NC(=O)C2CC(=O)NCc2ccco2)c(C)c1. The Morgan fingerprint density at radius 3 is 2.45 bits per heavy atom. The second-order valence-corrected chi connectivity index (χ2v) is 9.86. The summed E-state index contributed by atoms with van der Waals surface area (Å²) in [7, 11) is -4.17. The van der Waals surface area contributed by atoms with Gasteiger partial charge in [0.05, 0.1) is 35.5 Å². The second-order valence-electron chi connectivity index (χ2n) is 8.11. The summed E-state index contributed by atoms with van der Waals surface area (Å²) < 4.78 is 34.3. The monoisotopic (exact) mass is 467 g/mol. The zero-order chi connectivity index (χ0) is 23.8. The lowest BCUT2D eigenvalue weighted by Gasteiger charge is -2.37. The Balaban J connectivity index is 1.74. The molecule has 33 heavy (non-hydrogen) atoms. The van der Waals surface area contributed by atoms with Crippen molar-refractivity contribution in [1.82, 2.24) is 5.32 Å². The van der Waals surface area contributed by atoms with Crippen molar-refractivity contribution < 1.29 is 22.4 Å². The number of fused-ring (bicyclic) bond motifs is 1. The van der Waals surface area contributed by atoms with Gasteiger partial charge in [0.2, 0.25) is 11.8 Å². The van der Waals surface area contributed by atoms with Crippen molar-refractivity contribution in [3.63, 3.8) is 0 Å². The Kier molecular flexibility index (Phi) is 5.99. The Morgan fingerprint density at radius 2 is 1.79 bits per heavy atom. The fourth-order valence-electron chi connectivity index (χ4n) is 4.25. The predicted molar refractivity (Wildman–Crippen MR) is 124 cm³/mol. The molecule has 1 aromatic heterocycles. The Bertz CT molecular complexity index is 1290. The average Bonchev–Trinajstić information content (AvgIpc) is 3.25. The van der Waals surface area contributed by atoms with E-state index < -0.39 is 27.9 Å². The van der Waals surface area contributed by atoms with Gasteiger partial charge in [-0.05, 0) is 56.2 Å². The molecule has 1 unspecified atom stereocenters. The van der Waals surface area contributed by atoms with Gasteiger partial charge in [-0.1, -0.05) is 29.8 Å². The lowest BCUT2D eigenvalue weighted by atomic mass is 10.1. The minimum absolute atomic E-state index is 0.138. The van der Waals surface area contributed by atoms with Crippen LogP contribution >= 0.6 is 0 Å². The topological polar surface area (TPSA) is 109 Å². The third kappa shape index (κ3) is 4.36. The third-order valence-corrected chi connectivity index (χ3v) is 7.65. The third-order valence-electron chi connectivity index (χ3n) is 5.53. The molecule has 2 aromatic carbocycles. The highest BCUT2D eigenvalue weighted by Gasteiger charge is 2.42. The number of amides is 2. The van der Waals surface area contributed by atoms with Gasteiger partial charge in [-0.2, -0.15) is 0 Å². The standard InChI is InChI=1S/C24H25N3O5S/c1-15-11-16(2)23(17(3)12-15)33(30,31)27-20-9-5-4-8-19(20)26-24(29)21(27)13-22(28)25-14-18-7-6-10-32-18/h4-12,21H,13-14H2,1-3H3,(H,25,28)(H,26,29). The van der Waals surface area contributed by atoms with Crippen LogP contribution in [0.4, 0.5) is 11.4 Å². The van der Waals surface area contributed by atoms with E-state index in [2.05, 4.69) is 10.6 Å². The number of hydrogen-bond acceptors (Lipinski definition) is 5. The molecule has 2 amide bonds. The maximum Gasteiger partial charge on any atom is 0.265 e. The first-order valence-corrected chi connectivity index (χ1v) is 11.9. The molecule has 0 saturated carbocycles. The number of benzene rings is 2. The van der Waals surface area contributed by atoms with Gasteiger partial charge in [0, 0.05) is 0 Å². The highest BCUT2D eigenvalue weighted by atomic mass is 32.2. The maximum absolute atomic E-state index is 14.0. The van der Waals surface area contributed by atoms with E-state index in [-0.39, 0.29) is 17.9 Å². The number of nitrogens with zero attached hydrogens (tertiary/aromatic N) is 1. The smallest absolute Gasteiger partial charge is 0.265 e. The minimum Gasteiger partial charge on any atom is -0.467 e. The number of aryl methyl sites for hydroxylation is 3. The van der Waals surface area contributed by atoms with Crippen molar-refractivity contribution in [2.24, 2.45) is 0 Å². The molecular formula is C24H25N3O5S. The predicted octanol–water partition coefficient (Wildman–Crippen LogP) is 3.43. The van der Waals surface area contributed by atoms with Crippen molar-refractivity contribution in [3.05, 3.63) is 77.2 Å². The van der Waals surface area contributed by atoms with Crippen LogP contribution in [0.3, 0.4) is 0 Å². The molecular weight excluding hydrogens is 442 g/mol. The van der Waals surface area contributed by atoms with E-state index in [1.807, 2.05) is 6.92 Å². The molecule has 4 rings (SSSR count). The van der Waals surface area contributed by atoms with Crippen LogP contribution in [0.15, 0.2) is 64.1 Å². The molecule has 2 heterocycles. The van der Waals surface area contributed by atoms with E-state index in [0.29, 0.717) is 28.3 Å². The minimum atomic E-state index is -4.17. The number of furan rings is 1. The summed E-state index contributed by atoms with van der Waals surface area (Å²) >= 11 is 0. The normalized spacial score (nSPS) is 15.7. The lowest BCUT2D eigenvalue weighted by molar-refractivity contribution is -0.125. The molecule has 0 radical (unpaired) electrons. The van der Waals surface area contributed by atoms with Crippen LogP contribution in [0, 0.1) is 20.8 Å². The fraction of sp³-hybridized carbons (Fsp3) is 0.250. The average molecular weight is 468 g/mol. The molecule has 0 bridgehead atoms. The summed E-state index contributed by atoms with van der Waals surface area (Å²) in [6.07, 6.45) is 1.15. The van der Waals surface area contributed by atoms with Crippen LogP contribution in [0.25, 0.3) is 0 Å². The molecule has 0 spiro atoms. The zero-order valence-corrected chi connectivity index (χ0v) is 19.4. The van der Waals surface area contributed by atoms with E-state index in [0.717, 1.165) is 9.87 Å². The van der Waals surface area contributed by atoms with Gasteiger partial charge >= 0.3 is 0 Å². The Hall–Kier alpha value is -3.59. The van der Waals surface area contributed by atoms with Crippen molar-refractivity contribution in [2.75, 3.05) is 9.62 Å². The number of sulfonamides is 1. The second kappa shape index (κ2) is 8.74. The van der Waals surface area contributed by atoms with Crippen molar-refractivity contribution in [1.29, 1.82) is 0 Å². The highest BCUT2D eigenvalue weighted by Crippen LogP contribution is 2.38. The summed E-state index contributed by atoms with van der Waals surface area (Å²) in [5, 5.41) is 5.42. The fourth-order valence-corrected chi connectivity index (χ4v) is 6.30. The Morgan fingerprint density at radius 1 is 1.09 bits per heavy atom. The van der Waals surface area contributed by atoms with E-state index in [9.17, 15) is 18.0 Å². The first kappa shape index (κ1) is 22.6. The first-order chi connectivity index (χ1) is 15.7. The van der Waals surface area contributed by atoms with Crippen LogP contribution in [-0.4, -0.2) is 26.3 Å². The molecule has 1 aliphatic heterocycles. The Labute approximate surface area is 192 Å². The molecule has 1 atom stereocenters. The van der Waals surface area contributed by atoms with Crippen molar-refractivity contribution in [2.45, 2.75) is 44.7 Å². The van der Waals surface area contributed by atoms with Gasteiger partial charge in [-0.25, -0.2) is 8.42 Å². The number of anilines is 2. The molecule has 2 N–H and O–H groups in total. The van der Waals surface area contributed by atoms with Crippen LogP contribution in [0.2, 0.25) is 0 Å². The van der Waals surface area contributed by atoms with Crippen LogP contribution in [0.1, 0.15) is 28.9 Å². The summed E-state index contributed by atoms with van der Waals surface area (Å²) in [6, 6.07) is 12.4. The largest absolute Gasteiger partial charge is 0.467 e. The number of hydrogen-bond donors (Lipinski definition) is 2. The van der Waals surface area contributed by atoms with Crippen molar-refractivity contribution in [3.8, 4) is 0 Å². The van der Waals surface area contributed by atoms with Gasteiger partial charge in [-0.15, -0.1) is 0 Å². The zero-order valence-electron chi connectivity index (χ0n) is 18.6. The summed E-state index contributed by atoms with van der Waals surface area (Å²) in [5.41, 5.74) is 2.80. The molecule has 8 nitrogen and oxygen atoms in total. The van der Waals surface area contributed by atoms with E-state index in [1.54, 1.807) is 62.4 Å². The summed E-state index contributed by atoms with van der Waals surface area (Å²) in [6.45, 7) is 5.49. The molecule has 0 aliphatic carbocycles. The quantitative estimate of drug-likeness (QED) is 0.577. The van der Waals surface area contributed by atoms with E-state index in [1.165, 1.54) is 6.26 Å². The number of para-hydroxylation sites is 2. The molecule has 9 heteroatoms. The molecule has 0 fully saturated rings. The van der Waals surface area contributed by atoms with Gasteiger partial charge in [-0.3, -0.25) is 13.9 Å². The highest BCUT2D eigenvalue weighted by molar-refractivity contribution is 7.93. The van der Waals surface area contributed by atoms with Gasteiger partial charge in [0.1, 0.15) is 11.8 Å². The van der Waals surface area contributed by atoms with Crippen LogP contribution in [-0.2, 0) is 26.2 Å². The number of carbonyl (C=O) groups is 2. The number of nitrogens with one attached hydrogen (secondary N) is 2. The maximum atomic E-state index is 14.0. The summed E-state index contributed by atoms with van der Waals surface area (Å²) in [5.74, 6) is -0.478.